The van der Waals surface area contributed by atoms with E-state index in [1.165, 1.54) is 21.6 Å². The number of aryl methyl sites for hydroxylation is 6. The van der Waals surface area contributed by atoms with Crippen LogP contribution >= 0.6 is 21.6 Å². The molecule has 0 radical (unpaired) electrons. The predicted molar refractivity (Wildman–Crippen MR) is 137 cm³/mol. The zero-order valence-corrected chi connectivity index (χ0v) is 22.7. The number of rotatable bonds is 11. The zero-order chi connectivity index (χ0) is 24.1. The second-order valence-electron chi connectivity index (χ2n) is 7.90. The molecule has 0 aliphatic heterocycles. The fraction of sp³-hybridized carbons (Fsp3) is 0.455. The van der Waals surface area contributed by atoms with Crippen LogP contribution in [0.3, 0.4) is 0 Å². The summed E-state index contributed by atoms with van der Waals surface area (Å²) >= 11 is 0. The van der Waals surface area contributed by atoms with E-state index in [0.717, 1.165) is 33.4 Å². The second-order valence-corrected chi connectivity index (χ2v) is 14.0. The number of hydrogen-bond donors (Lipinski definition) is 2. The Kier molecular flexibility index (Phi) is 9.69. The van der Waals surface area contributed by atoms with Crippen molar-refractivity contribution >= 4 is 41.6 Å². The van der Waals surface area contributed by atoms with Gasteiger partial charge in [-0.1, -0.05) is 57.0 Å². The van der Waals surface area contributed by atoms with E-state index in [1.54, 1.807) is 27.7 Å². The van der Waals surface area contributed by atoms with Crippen LogP contribution in [-0.4, -0.2) is 41.4 Å². The van der Waals surface area contributed by atoms with E-state index in [-0.39, 0.29) is 0 Å². The highest BCUT2D eigenvalue weighted by atomic mass is 33.1. The standard InChI is InChI=1S/C22H32N2O4S4/c1-15-11-17(3)21(18(4)12-15)31(25,26)23-7-9-29-30-10-8-24-32(27,28)22-19(5)13-16(2)14-20(22)6/h11-14,23-24H,7-10H2,1-6H3. The summed E-state index contributed by atoms with van der Waals surface area (Å²) in [7, 11) is -4.10. The Morgan fingerprint density at radius 3 is 1.16 bits per heavy atom. The van der Waals surface area contributed by atoms with Gasteiger partial charge in [-0.25, -0.2) is 26.3 Å². The summed E-state index contributed by atoms with van der Waals surface area (Å²) in [5.74, 6) is 1.16. The maximum atomic E-state index is 12.6. The molecule has 2 rings (SSSR count). The Morgan fingerprint density at radius 1 is 0.594 bits per heavy atom. The van der Waals surface area contributed by atoms with Gasteiger partial charge in [-0.2, -0.15) is 0 Å². The Labute approximate surface area is 200 Å². The summed E-state index contributed by atoms with van der Waals surface area (Å²) in [6.45, 7) is 11.7. The number of benzene rings is 2. The largest absolute Gasteiger partial charge is 0.241 e. The SMILES string of the molecule is Cc1cc(C)c(S(=O)(=O)NCCSSCCNS(=O)(=O)c2c(C)cc(C)cc2C)c(C)c1. The number of sulfonamides is 2. The van der Waals surface area contributed by atoms with Crippen LogP contribution in [0.15, 0.2) is 34.1 Å². The van der Waals surface area contributed by atoms with Gasteiger partial charge in [-0.05, 0) is 63.8 Å². The lowest BCUT2D eigenvalue weighted by molar-refractivity contribution is 0.581. The van der Waals surface area contributed by atoms with Gasteiger partial charge < -0.3 is 0 Å². The van der Waals surface area contributed by atoms with Crippen molar-refractivity contribution in [2.45, 2.75) is 51.3 Å². The lowest BCUT2D eigenvalue weighted by Crippen LogP contribution is -2.28. The molecule has 2 aromatic rings. The van der Waals surface area contributed by atoms with Crippen molar-refractivity contribution < 1.29 is 16.8 Å². The van der Waals surface area contributed by atoms with E-state index in [2.05, 4.69) is 9.44 Å². The third-order valence-corrected chi connectivity index (χ3v) is 10.7. The molecule has 0 aliphatic rings. The van der Waals surface area contributed by atoms with Crippen molar-refractivity contribution in [3.63, 3.8) is 0 Å². The van der Waals surface area contributed by atoms with Gasteiger partial charge in [-0.15, -0.1) is 0 Å². The van der Waals surface area contributed by atoms with Gasteiger partial charge in [0.15, 0.2) is 0 Å². The van der Waals surface area contributed by atoms with E-state index >= 15 is 0 Å². The quantitative estimate of drug-likeness (QED) is 0.344. The second kappa shape index (κ2) is 11.4. The highest BCUT2D eigenvalue weighted by Gasteiger charge is 2.20. The number of hydrogen-bond acceptors (Lipinski definition) is 6. The molecule has 178 valence electrons. The zero-order valence-electron chi connectivity index (χ0n) is 19.4. The maximum Gasteiger partial charge on any atom is 0.241 e. The Bertz CT molecular complexity index is 1040. The van der Waals surface area contributed by atoms with Crippen molar-refractivity contribution in [2.24, 2.45) is 0 Å². The van der Waals surface area contributed by atoms with Gasteiger partial charge in [0.1, 0.15) is 0 Å². The van der Waals surface area contributed by atoms with Gasteiger partial charge >= 0.3 is 0 Å². The van der Waals surface area contributed by atoms with E-state index in [1.807, 2.05) is 38.1 Å². The summed E-state index contributed by atoms with van der Waals surface area (Å²) in [5, 5.41) is 0. The van der Waals surface area contributed by atoms with Gasteiger partial charge in [0.05, 0.1) is 9.79 Å². The summed E-state index contributed by atoms with van der Waals surface area (Å²) in [6, 6.07) is 7.47. The molecule has 0 aromatic heterocycles. The van der Waals surface area contributed by atoms with E-state index in [4.69, 9.17) is 0 Å². The maximum absolute atomic E-state index is 12.6. The topological polar surface area (TPSA) is 92.3 Å². The molecule has 0 atom stereocenters. The molecule has 10 heteroatoms. The summed E-state index contributed by atoms with van der Waals surface area (Å²) in [5.41, 5.74) is 5.03. The third kappa shape index (κ3) is 7.23. The van der Waals surface area contributed by atoms with Gasteiger partial charge in [0.2, 0.25) is 20.0 Å². The molecule has 0 heterocycles. The molecule has 32 heavy (non-hydrogen) atoms. The fourth-order valence-corrected chi connectivity index (χ4v) is 8.91. The molecular formula is C22H32N2O4S4. The van der Waals surface area contributed by atoms with Crippen molar-refractivity contribution in [3.8, 4) is 0 Å². The van der Waals surface area contributed by atoms with Crippen LogP contribution in [0, 0.1) is 41.5 Å². The molecule has 0 saturated heterocycles. The minimum Gasteiger partial charge on any atom is -0.210 e. The molecule has 0 saturated carbocycles. The third-order valence-electron chi connectivity index (χ3n) is 4.79. The van der Waals surface area contributed by atoms with E-state index in [9.17, 15) is 16.8 Å². The van der Waals surface area contributed by atoms with Crippen LogP contribution in [-0.2, 0) is 20.0 Å². The predicted octanol–water partition coefficient (Wildman–Crippen LogP) is 4.18. The monoisotopic (exact) mass is 516 g/mol. The van der Waals surface area contributed by atoms with Crippen LogP contribution in [0.25, 0.3) is 0 Å². The first kappa shape index (κ1) is 27.2. The first-order valence-corrected chi connectivity index (χ1v) is 15.7. The highest BCUT2D eigenvalue weighted by Crippen LogP contribution is 2.24. The van der Waals surface area contributed by atoms with Crippen LogP contribution < -0.4 is 9.44 Å². The Hall–Kier alpha value is -1.04. The van der Waals surface area contributed by atoms with Crippen LogP contribution in [0.4, 0.5) is 0 Å². The molecule has 0 fully saturated rings. The average Bonchev–Trinajstić information content (AvgIpc) is 2.61. The van der Waals surface area contributed by atoms with Gasteiger partial charge in [0, 0.05) is 24.6 Å². The first-order valence-electron chi connectivity index (χ1n) is 10.2. The fourth-order valence-electron chi connectivity index (χ4n) is 3.88. The minimum atomic E-state index is -3.56. The average molecular weight is 517 g/mol. The smallest absolute Gasteiger partial charge is 0.210 e. The molecular weight excluding hydrogens is 485 g/mol. The Balaban J connectivity index is 1.76. The molecule has 0 amide bonds. The lowest BCUT2D eigenvalue weighted by atomic mass is 10.1. The number of nitrogens with one attached hydrogen (secondary N) is 2. The molecule has 0 unspecified atom stereocenters. The lowest BCUT2D eigenvalue weighted by Gasteiger charge is -2.13. The van der Waals surface area contributed by atoms with Crippen LogP contribution in [0.5, 0.6) is 0 Å². The first-order chi connectivity index (χ1) is 14.8. The van der Waals surface area contributed by atoms with Crippen molar-refractivity contribution in [1.82, 2.24) is 9.44 Å². The molecule has 2 N–H and O–H groups in total. The molecule has 6 nitrogen and oxygen atoms in total. The van der Waals surface area contributed by atoms with Crippen molar-refractivity contribution in [3.05, 3.63) is 57.6 Å². The van der Waals surface area contributed by atoms with Crippen LogP contribution in [0.2, 0.25) is 0 Å². The van der Waals surface area contributed by atoms with Crippen molar-refractivity contribution in [1.29, 1.82) is 0 Å². The van der Waals surface area contributed by atoms with Gasteiger partial charge in [-0.3, -0.25) is 0 Å². The Morgan fingerprint density at radius 2 is 0.875 bits per heavy atom. The molecule has 0 bridgehead atoms. The summed E-state index contributed by atoms with van der Waals surface area (Å²) in [4.78, 5) is 0.689. The normalized spacial score (nSPS) is 12.3. The van der Waals surface area contributed by atoms with Crippen LogP contribution in [0.1, 0.15) is 33.4 Å². The highest BCUT2D eigenvalue weighted by molar-refractivity contribution is 8.76. The van der Waals surface area contributed by atoms with Gasteiger partial charge in [0.25, 0.3) is 0 Å². The van der Waals surface area contributed by atoms with E-state index in [0.29, 0.717) is 34.4 Å². The molecule has 0 spiro atoms. The summed E-state index contributed by atoms with van der Waals surface area (Å²) in [6.07, 6.45) is 0. The molecule has 0 aliphatic carbocycles. The minimum absolute atomic E-state index is 0.306. The van der Waals surface area contributed by atoms with Crippen molar-refractivity contribution in [2.75, 3.05) is 24.6 Å². The molecule has 2 aromatic carbocycles. The summed E-state index contributed by atoms with van der Waals surface area (Å²) < 4.78 is 55.9. The van der Waals surface area contributed by atoms with E-state index < -0.39 is 20.0 Å².